The van der Waals surface area contributed by atoms with Gasteiger partial charge in [-0.15, -0.1) is 11.3 Å². The van der Waals surface area contributed by atoms with Gasteiger partial charge in [0, 0.05) is 17.0 Å². The molecule has 1 saturated heterocycles. The molecule has 0 aliphatic carbocycles. The maximum atomic E-state index is 12.5. The highest BCUT2D eigenvalue weighted by Gasteiger charge is 2.31. The van der Waals surface area contributed by atoms with Gasteiger partial charge in [0.1, 0.15) is 38.5 Å². The van der Waals surface area contributed by atoms with Crippen molar-refractivity contribution in [3.8, 4) is 5.75 Å². The summed E-state index contributed by atoms with van der Waals surface area (Å²) in [6.45, 7) is 10.1. The van der Waals surface area contributed by atoms with Gasteiger partial charge in [-0.1, -0.05) is 17.7 Å². The van der Waals surface area contributed by atoms with Crippen molar-refractivity contribution in [2.24, 2.45) is 0 Å². The normalized spacial score (nSPS) is 20.5. The van der Waals surface area contributed by atoms with E-state index in [0.29, 0.717) is 0 Å². The molecule has 0 spiro atoms. The molecule has 3 rings (SSSR count). The second kappa shape index (κ2) is 10.0. The topological polar surface area (TPSA) is 47.2 Å². The molecule has 0 radical (unpaired) electrons. The van der Waals surface area contributed by atoms with E-state index >= 15 is 0 Å². The Morgan fingerprint density at radius 3 is 2.71 bits per heavy atom. The zero-order valence-corrected chi connectivity index (χ0v) is 18.0. The molecule has 0 unspecified atom stereocenters. The Morgan fingerprint density at radius 2 is 2.04 bits per heavy atom. The molecule has 1 fully saturated rings. The lowest BCUT2D eigenvalue weighted by atomic mass is 10.1. The van der Waals surface area contributed by atoms with Gasteiger partial charge in [-0.05, 0) is 43.8 Å². The van der Waals surface area contributed by atoms with Crippen LogP contribution >= 0.6 is 11.3 Å². The molecule has 1 aliphatic rings. The van der Waals surface area contributed by atoms with Crippen LogP contribution in [0, 0.1) is 6.92 Å². The highest BCUT2D eigenvalue weighted by atomic mass is 32.1. The van der Waals surface area contributed by atoms with Gasteiger partial charge in [0.25, 0.3) is 5.91 Å². The number of benzene rings is 1. The first-order valence-electron chi connectivity index (χ1n) is 10.2. The fourth-order valence-electron chi connectivity index (χ4n) is 3.95. The number of carbonyl (C=O) groups is 1. The Morgan fingerprint density at radius 1 is 1.25 bits per heavy atom. The molecule has 0 saturated carbocycles. The monoisotopic (exact) mass is 403 g/mol. The van der Waals surface area contributed by atoms with Crippen LogP contribution in [0.1, 0.15) is 22.9 Å². The molecule has 1 aliphatic heterocycles. The minimum atomic E-state index is 0.0124. The number of nitrogens with one attached hydrogen (secondary N) is 3. The molecule has 1 amide bonds. The van der Waals surface area contributed by atoms with Crippen LogP contribution < -0.4 is 19.9 Å². The van der Waals surface area contributed by atoms with Crippen molar-refractivity contribution in [2.45, 2.75) is 32.9 Å². The van der Waals surface area contributed by atoms with Crippen LogP contribution in [0.4, 0.5) is 0 Å². The fraction of sp³-hybridized carbons (Fsp3) is 0.500. The molecule has 2 aromatic rings. The minimum Gasteiger partial charge on any atom is -0.496 e. The Hall–Kier alpha value is -1.89. The fourth-order valence-corrected chi connectivity index (χ4v) is 4.66. The van der Waals surface area contributed by atoms with Crippen LogP contribution in [0.3, 0.4) is 0 Å². The van der Waals surface area contributed by atoms with Gasteiger partial charge in [0.15, 0.2) is 6.04 Å². The van der Waals surface area contributed by atoms with Crippen molar-refractivity contribution < 1.29 is 19.3 Å². The zero-order chi connectivity index (χ0) is 19.9. The minimum absolute atomic E-state index is 0.0124. The third kappa shape index (κ3) is 5.56. The van der Waals surface area contributed by atoms with Gasteiger partial charge in [-0.3, -0.25) is 4.79 Å². The largest absolute Gasteiger partial charge is 0.496 e. The molecule has 3 N–H and O–H groups in total. The van der Waals surface area contributed by atoms with Gasteiger partial charge >= 0.3 is 0 Å². The van der Waals surface area contributed by atoms with E-state index in [0.717, 1.165) is 51.4 Å². The lowest BCUT2D eigenvalue weighted by Crippen LogP contribution is -3.29. The van der Waals surface area contributed by atoms with E-state index in [2.05, 4.69) is 54.9 Å². The molecule has 5 nitrogen and oxygen atoms in total. The van der Waals surface area contributed by atoms with Crippen LogP contribution in [-0.2, 0) is 17.8 Å². The van der Waals surface area contributed by atoms with E-state index in [-0.39, 0.29) is 11.9 Å². The van der Waals surface area contributed by atoms with Crippen molar-refractivity contribution in [2.75, 3.05) is 39.8 Å². The average molecular weight is 404 g/mol. The summed E-state index contributed by atoms with van der Waals surface area (Å²) in [6, 6.07) is 10.6. The lowest BCUT2D eigenvalue weighted by molar-refractivity contribution is -1.02. The highest BCUT2D eigenvalue weighted by molar-refractivity contribution is 7.09. The summed E-state index contributed by atoms with van der Waals surface area (Å²) in [5.41, 5.74) is 2.55. The third-order valence-electron chi connectivity index (χ3n) is 5.73. The van der Waals surface area contributed by atoms with Gasteiger partial charge in [0.05, 0.1) is 7.11 Å². The van der Waals surface area contributed by atoms with Crippen molar-refractivity contribution in [3.63, 3.8) is 0 Å². The summed E-state index contributed by atoms with van der Waals surface area (Å²) in [5, 5.41) is 5.20. The zero-order valence-electron chi connectivity index (χ0n) is 17.2. The predicted octanol–water partition coefficient (Wildman–Crippen LogP) is 0.0959. The molecule has 1 aromatic carbocycles. The Bertz CT molecular complexity index is 755. The summed E-state index contributed by atoms with van der Waals surface area (Å²) in [4.78, 5) is 16.8. The van der Waals surface area contributed by atoms with E-state index in [1.165, 1.54) is 20.9 Å². The predicted molar refractivity (Wildman–Crippen MR) is 113 cm³/mol. The molecule has 6 heteroatoms. The van der Waals surface area contributed by atoms with Crippen LogP contribution in [0.25, 0.3) is 0 Å². The second-order valence-corrected chi connectivity index (χ2v) is 8.77. The SMILES string of the molecule is COc1ccc(C)cc1C[NH+]1CC[NH+]([C@H](C)C(=O)NCCc2cccs2)CC1. The van der Waals surface area contributed by atoms with E-state index in [1.807, 2.05) is 0 Å². The second-order valence-electron chi connectivity index (χ2n) is 7.74. The maximum Gasteiger partial charge on any atom is 0.278 e. The van der Waals surface area contributed by atoms with Crippen LogP contribution in [0.15, 0.2) is 35.7 Å². The van der Waals surface area contributed by atoms with E-state index < -0.39 is 0 Å². The first-order valence-corrected chi connectivity index (χ1v) is 11.1. The number of amides is 1. The summed E-state index contributed by atoms with van der Waals surface area (Å²) in [6.07, 6.45) is 0.918. The number of hydrogen-bond donors (Lipinski definition) is 3. The number of methoxy groups -OCH3 is 1. The first kappa shape index (κ1) is 20.8. The number of aryl methyl sites for hydroxylation is 1. The highest BCUT2D eigenvalue weighted by Crippen LogP contribution is 2.18. The summed E-state index contributed by atoms with van der Waals surface area (Å²) >= 11 is 1.75. The van der Waals surface area contributed by atoms with Crippen LogP contribution in [0.2, 0.25) is 0 Å². The smallest absolute Gasteiger partial charge is 0.278 e. The Labute approximate surface area is 172 Å². The molecule has 152 valence electrons. The standard InChI is InChI=1S/C22H31N3O2S/c1-17-6-7-21(27-3)19(15-17)16-24-10-12-25(13-11-24)18(2)22(26)23-9-8-20-5-4-14-28-20/h4-7,14-15,18H,8-13,16H2,1-3H3,(H,23,26)/p+2/t18-/m1/s1. The van der Waals surface area contributed by atoms with Crippen molar-refractivity contribution >= 4 is 17.2 Å². The number of piperazine rings is 1. The van der Waals surface area contributed by atoms with Gasteiger partial charge in [-0.25, -0.2) is 0 Å². The molecule has 0 bridgehead atoms. The van der Waals surface area contributed by atoms with Gasteiger partial charge in [0.2, 0.25) is 0 Å². The van der Waals surface area contributed by atoms with Crippen LogP contribution in [0.5, 0.6) is 5.75 Å². The number of quaternary nitrogens is 2. The summed E-state index contributed by atoms with van der Waals surface area (Å²) < 4.78 is 5.53. The quantitative estimate of drug-likeness (QED) is 0.585. The first-order chi connectivity index (χ1) is 13.6. The number of ether oxygens (including phenoxy) is 1. The number of carbonyl (C=O) groups excluding carboxylic acids is 1. The summed E-state index contributed by atoms with van der Waals surface area (Å²) in [7, 11) is 1.74. The molecular weight excluding hydrogens is 370 g/mol. The van der Waals surface area contributed by atoms with Gasteiger partial charge in [-0.2, -0.15) is 0 Å². The Balaban J connectivity index is 1.44. The Kier molecular flexibility index (Phi) is 7.48. The average Bonchev–Trinajstić information content (AvgIpc) is 3.21. The number of rotatable bonds is 8. The van der Waals surface area contributed by atoms with Crippen LogP contribution in [-0.4, -0.2) is 51.8 Å². The van der Waals surface area contributed by atoms with E-state index in [4.69, 9.17) is 4.74 Å². The molecule has 1 atom stereocenters. The van der Waals surface area contributed by atoms with Gasteiger partial charge < -0.3 is 19.9 Å². The number of thiophene rings is 1. The third-order valence-corrected chi connectivity index (χ3v) is 6.67. The van der Waals surface area contributed by atoms with E-state index in [9.17, 15) is 4.79 Å². The maximum absolute atomic E-state index is 12.5. The molecular formula is C22H33N3O2S+2. The molecule has 1 aromatic heterocycles. The summed E-state index contributed by atoms with van der Waals surface area (Å²) in [5.74, 6) is 1.15. The van der Waals surface area contributed by atoms with Crippen molar-refractivity contribution in [1.29, 1.82) is 0 Å². The molecule has 28 heavy (non-hydrogen) atoms. The van der Waals surface area contributed by atoms with Crippen molar-refractivity contribution in [1.82, 2.24) is 5.32 Å². The lowest BCUT2D eigenvalue weighted by Gasteiger charge is -2.32. The van der Waals surface area contributed by atoms with E-state index in [1.54, 1.807) is 23.3 Å². The number of hydrogen-bond acceptors (Lipinski definition) is 3. The van der Waals surface area contributed by atoms with Crippen molar-refractivity contribution in [3.05, 3.63) is 51.7 Å². The molecule has 2 heterocycles.